The number of nitrogens with zero attached hydrogens (tertiary/aromatic N) is 1. The van der Waals surface area contributed by atoms with E-state index < -0.39 is 0 Å². The Labute approximate surface area is 117 Å². The molecule has 2 fully saturated rings. The molecule has 2 aliphatic rings. The lowest BCUT2D eigenvalue weighted by molar-refractivity contribution is 0.0270. The zero-order chi connectivity index (χ0) is 13.2. The van der Waals surface area contributed by atoms with Gasteiger partial charge in [-0.3, -0.25) is 4.98 Å². The molecule has 3 rings (SSSR count). The predicted molar refractivity (Wildman–Crippen MR) is 79.2 cm³/mol. The minimum absolute atomic E-state index is 0.391. The molecule has 104 valence electrons. The molecule has 1 aromatic heterocycles. The van der Waals surface area contributed by atoms with Crippen LogP contribution < -0.4 is 5.32 Å². The minimum atomic E-state index is 0.391. The van der Waals surface area contributed by atoms with Crippen LogP contribution in [0.2, 0.25) is 0 Å². The van der Waals surface area contributed by atoms with Crippen molar-refractivity contribution in [1.82, 2.24) is 10.3 Å². The highest BCUT2D eigenvalue weighted by atomic mass is 14.9. The second-order valence-corrected chi connectivity index (χ2v) is 6.75. The van der Waals surface area contributed by atoms with Crippen molar-refractivity contribution in [3.63, 3.8) is 0 Å². The third kappa shape index (κ3) is 2.43. The Bertz CT molecular complexity index is 399. The van der Waals surface area contributed by atoms with Crippen molar-refractivity contribution in [2.75, 3.05) is 13.1 Å². The first kappa shape index (κ1) is 13.1. The maximum Gasteiger partial charge on any atom is 0.0270 e. The molecule has 2 saturated carbocycles. The molecular formula is C17H26N2. The van der Waals surface area contributed by atoms with Crippen LogP contribution in [0.3, 0.4) is 0 Å². The molecule has 0 radical (unpaired) electrons. The summed E-state index contributed by atoms with van der Waals surface area (Å²) in [7, 11) is 0. The summed E-state index contributed by atoms with van der Waals surface area (Å²) in [4.78, 5) is 4.18. The predicted octanol–water partition coefficient (Wildman–Crippen LogP) is 3.67. The summed E-state index contributed by atoms with van der Waals surface area (Å²) in [5.74, 6) is 0. The van der Waals surface area contributed by atoms with Gasteiger partial charge in [0.1, 0.15) is 0 Å². The van der Waals surface area contributed by atoms with Crippen LogP contribution in [0.4, 0.5) is 0 Å². The number of pyridine rings is 1. The van der Waals surface area contributed by atoms with Crippen LogP contribution in [0.5, 0.6) is 0 Å². The zero-order valence-corrected chi connectivity index (χ0v) is 12.1. The van der Waals surface area contributed by atoms with Crippen molar-refractivity contribution in [2.24, 2.45) is 5.41 Å². The van der Waals surface area contributed by atoms with Gasteiger partial charge < -0.3 is 5.32 Å². The summed E-state index contributed by atoms with van der Waals surface area (Å²) in [5, 5.41) is 3.66. The SMILES string of the molecule is CCCNCC1(c2ccncc2)CC2(CCCC2)C1. The summed E-state index contributed by atoms with van der Waals surface area (Å²) in [6.07, 6.45) is 13.7. The third-order valence-corrected chi connectivity index (χ3v) is 5.27. The molecule has 1 spiro atoms. The molecule has 1 heterocycles. The van der Waals surface area contributed by atoms with Crippen LogP contribution in [0.1, 0.15) is 57.4 Å². The van der Waals surface area contributed by atoms with Crippen LogP contribution in [0.15, 0.2) is 24.5 Å². The molecule has 0 aliphatic heterocycles. The smallest absolute Gasteiger partial charge is 0.0270 e. The highest BCUT2D eigenvalue weighted by Crippen LogP contribution is 2.62. The topological polar surface area (TPSA) is 24.9 Å². The fraction of sp³-hybridized carbons (Fsp3) is 0.706. The van der Waals surface area contributed by atoms with E-state index in [2.05, 4.69) is 29.4 Å². The van der Waals surface area contributed by atoms with E-state index >= 15 is 0 Å². The summed E-state index contributed by atoms with van der Waals surface area (Å²) >= 11 is 0. The second kappa shape index (κ2) is 5.24. The third-order valence-electron chi connectivity index (χ3n) is 5.27. The number of aromatic nitrogens is 1. The van der Waals surface area contributed by atoms with Crippen molar-refractivity contribution in [1.29, 1.82) is 0 Å². The Kier molecular flexibility index (Phi) is 3.62. The Hall–Kier alpha value is -0.890. The Morgan fingerprint density at radius 3 is 2.47 bits per heavy atom. The van der Waals surface area contributed by atoms with Gasteiger partial charge in [0.25, 0.3) is 0 Å². The molecule has 0 aromatic carbocycles. The van der Waals surface area contributed by atoms with Crippen molar-refractivity contribution in [2.45, 2.75) is 57.3 Å². The molecule has 2 nitrogen and oxygen atoms in total. The average Bonchev–Trinajstić information content (AvgIpc) is 2.88. The molecule has 0 unspecified atom stereocenters. The van der Waals surface area contributed by atoms with Crippen LogP contribution in [-0.4, -0.2) is 18.1 Å². The largest absolute Gasteiger partial charge is 0.316 e. The first-order valence-electron chi connectivity index (χ1n) is 7.90. The van der Waals surface area contributed by atoms with E-state index in [1.165, 1.54) is 50.5 Å². The molecule has 0 amide bonds. The van der Waals surface area contributed by atoms with Crippen LogP contribution in [0, 0.1) is 5.41 Å². The number of hydrogen-bond donors (Lipinski definition) is 1. The van der Waals surface area contributed by atoms with E-state index in [-0.39, 0.29) is 0 Å². The van der Waals surface area contributed by atoms with Crippen molar-refractivity contribution in [3.05, 3.63) is 30.1 Å². The lowest BCUT2D eigenvalue weighted by Crippen LogP contribution is -2.53. The molecule has 1 aromatic rings. The maximum atomic E-state index is 4.18. The van der Waals surface area contributed by atoms with Crippen molar-refractivity contribution >= 4 is 0 Å². The first-order chi connectivity index (χ1) is 9.29. The Morgan fingerprint density at radius 1 is 1.16 bits per heavy atom. The number of rotatable bonds is 5. The molecule has 2 heteroatoms. The lowest BCUT2D eigenvalue weighted by Gasteiger charge is -2.56. The fourth-order valence-corrected chi connectivity index (χ4v) is 4.50. The van der Waals surface area contributed by atoms with Gasteiger partial charge in [-0.1, -0.05) is 19.8 Å². The van der Waals surface area contributed by atoms with Gasteiger partial charge in [0, 0.05) is 24.4 Å². The lowest BCUT2D eigenvalue weighted by atomic mass is 9.49. The molecule has 0 bridgehead atoms. The van der Waals surface area contributed by atoms with Crippen LogP contribution in [0.25, 0.3) is 0 Å². The van der Waals surface area contributed by atoms with Crippen molar-refractivity contribution < 1.29 is 0 Å². The van der Waals surface area contributed by atoms with Crippen LogP contribution >= 0.6 is 0 Å². The maximum absolute atomic E-state index is 4.18. The standard InChI is InChI=1S/C17H26N2/c1-2-9-19-14-17(15-5-10-18-11-6-15)12-16(13-17)7-3-4-8-16/h5-6,10-11,19H,2-4,7-9,12-14H2,1H3. The fourth-order valence-electron chi connectivity index (χ4n) is 4.50. The monoisotopic (exact) mass is 258 g/mol. The minimum Gasteiger partial charge on any atom is -0.316 e. The van der Waals surface area contributed by atoms with E-state index in [0.717, 1.165) is 13.1 Å². The van der Waals surface area contributed by atoms with Gasteiger partial charge in [0.05, 0.1) is 0 Å². The summed E-state index contributed by atoms with van der Waals surface area (Å²) < 4.78 is 0. The quantitative estimate of drug-likeness (QED) is 0.815. The summed E-state index contributed by atoms with van der Waals surface area (Å²) in [6, 6.07) is 4.46. The van der Waals surface area contributed by atoms with Gasteiger partial charge in [0.2, 0.25) is 0 Å². The van der Waals surface area contributed by atoms with Gasteiger partial charge in [-0.05, 0) is 61.8 Å². The van der Waals surface area contributed by atoms with Gasteiger partial charge >= 0.3 is 0 Å². The highest BCUT2D eigenvalue weighted by molar-refractivity contribution is 5.30. The van der Waals surface area contributed by atoms with Gasteiger partial charge in [-0.2, -0.15) is 0 Å². The van der Waals surface area contributed by atoms with Gasteiger partial charge in [0.15, 0.2) is 0 Å². The molecule has 19 heavy (non-hydrogen) atoms. The van der Waals surface area contributed by atoms with Crippen LogP contribution in [-0.2, 0) is 5.41 Å². The first-order valence-corrected chi connectivity index (χ1v) is 7.90. The summed E-state index contributed by atoms with van der Waals surface area (Å²) in [6.45, 7) is 4.53. The molecule has 2 aliphatic carbocycles. The second-order valence-electron chi connectivity index (χ2n) is 6.75. The molecule has 1 N–H and O–H groups in total. The highest BCUT2D eigenvalue weighted by Gasteiger charge is 2.55. The van der Waals surface area contributed by atoms with E-state index in [4.69, 9.17) is 0 Å². The van der Waals surface area contributed by atoms with E-state index in [9.17, 15) is 0 Å². The normalized spacial score (nSPS) is 23.4. The number of hydrogen-bond acceptors (Lipinski definition) is 2. The zero-order valence-electron chi connectivity index (χ0n) is 12.1. The molecular weight excluding hydrogens is 232 g/mol. The Balaban J connectivity index is 1.74. The Morgan fingerprint density at radius 2 is 1.84 bits per heavy atom. The molecule has 0 atom stereocenters. The van der Waals surface area contributed by atoms with E-state index in [1.807, 2.05) is 12.4 Å². The average molecular weight is 258 g/mol. The summed E-state index contributed by atoms with van der Waals surface area (Å²) in [5.41, 5.74) is 2.59. The number of nitrogens with one attached hydrogen (secondary N) is 1. The van der Waals surface area contributed by atoms with Gasteiger partial charge in [-0.15, -0.1) is 0 Å². The van der Waals surface area contributed by atoms with Crippen molar-refractivity contribution in [3.8, 4) is 0 Å². The van der Waals surface area contributed by atoms with E-state index in [0.29, 0.717) is 10.8 Å². The van der Waals surface area contributed by atoms with E-state index in [1.54, 1.807) is 0 Å². The van der Waals surface area contributed by atoms with Gasteiger partial charge in [-0.25, -0.2) is 0 Å². The molecule has 0 saturated heterocycles.